The molecule has 2 N–H and O–H groups in total. The third kappa shape index (κ3) is 2.58. The highest BCUT2D eigenvalue weighted by Gasteiger charge is 2.18. The van der Waals surface area contributed by atoms with Gasteiger partial charge in [-0.25, -0.2) is 0 Å². The van der Waals surface area contributed by atoms with Gasteiger partial charge < -0.3 is 14.8 Å². The van der Waals surface area contributed by atoms with E-state index in [1.54, 1.807) is 13.2 Å². The molecule has 20 heavy (non-hydrogen) atoms. The molecule has 5 nitrogen and oxygen atoms in total. The summed E-state index contributed by atoms with van der Waals surface area (Å²) < 4.78 is 5.22. The van der Waals surface area contributed by atoms with Crippen molar-refractivity contribution >= 4 is 0 Å². The van der Waals surface area contributed by atoms with E-state index in [0.717, 1.165) is 5.56 Å². The number of nitrogens with one attached hydrogen (secondary N) is 1. The molecule has 2 aromatic rings. The summed E-state index contributed by atoms with van der Waals surface area (Å²) in [5, 5.41) is 10.1. The number of hydrogen-bond acceptors (Lipinski definition) is 4. The van der Waals surface area contributed by atoms with Crippen molar-refractivity contribution in [1.29, 1.82) is 0 Å². The van der Waals surface area contributed by atoms with E-state index in [1.165, 1.54) is 0 Å². The molecule has 2 rings (SSSR count). The minimum atomic E-state index is -0.364. The van der Waals surface area contributed by atoms with Crippen LogP contribution in [0.3, 0.4) is 0 Å². The summed E-state index contributed by atoms with van der Waals surface area (Å²) in [4.78, 5) is 19.0. The summed E-state index contributed by atoms with van der Waals surface area (Å²) in [6.45, 7) is 3.80. The van der Waals surface area contributed by atoms with Crippen LogP contribution in [0, 0.1) is 6.92 Å². The fourth-order valence-electron chi connectivity index (χ4n) is 2.20. The molecular weight excluding hydrogens is 256 g/mol. The second kappa shape index (κ2) is 5.88. The number of hydrogen-bond donors (Lipinski definition) is 2. The fourth-order valence-corrected chi connectivity index (χ4v) is 2.20. The van der Waals surface area contributed by atoms with E-state index in [-0.39, 0.29) is 23.1 Å². The standard InChI is InChI=1S/C15H18N2O3/c1-4-11(20-3)13-16-14(18)12(15(19)17-13)10-8-6-5-7-9(10)2/h5-8,11H,4H2,1-3H3,(H2,16,17,18,19). The van der Waals surface area contributed by atoms with Crippen LogP contribution in [0.1, 0.15) is 30.8 Å². The molecule has 1 aromatic heterocycles. The summed E-state index contributed by atoms with van der Waals surface area (Å²) >= 11 is 0. The minimum absolute atomic E-state index is 0.192. The van der Waals surface area contributed by atoms with Crippen molar-refractivity contribution < 1.29 is 9.84 Å². The Labute approximate surface area is 117 Å². The highest BCUT2D eigenvalue weighted by atomic mass is 16.5. The van der Waals surface area contributed by atoms with Gasteiger partial charge in [-0.2, -0.15) is 4.98 Å². The molecule has 0 saturated carbocycles. The normalized spacial score (nSPS) is 12.3. The number of aromatic amines is 1. The Morgan fingerprint density at radius 3 is 2.65 bits per heavy atom. The maximum Gasteiger partial charge on any atom is 0.262 e. The van der Waals surface area contributed by atoms with Crippen molar-refractivity contribution in [3.05, 3.63) is 46.0 Å². The third-order valence-electron chi connectivity index (χ3n) is 3.29. The van der Waals surface area contributed by atoms with E-state index in [2.05, 4.69) is 9.97 Å². The molecular formula is C15H18N2O3. The van der Waals surface area contributed by atoms with Gasteiger partial charge in [-0.1, -0.05) is 31.2 Å². The van der Waals surface area contributed by atoms with Crippen LogP contribution in [0.15, 0.2) is 29.1 Å². The first-order chi connectivity index (χ1) is 9.58. The zero-order valence-corrected chi connectivity index (χ0v) is 11.8. The number of aryl methyl sites for hydroxylation is 1. The zero-order valence-electron chi connectivity index (χ0n) is 11.8. The van der Waals surface area contributed by atoms with E-state index < -0.39 is 0 Å². The van der Waals surface area contributed by atoms with Gasteiger partial charge in [0.1, 0.15) is 17.5 Å². The predicted octanol–water partition coefficient (Wildman–Crippen LogP) is 2.55. The van der Waals surface area contributed by atoms with Crippen LogP contribution in [-0.2, 0) is 4.74 Å². The molecule has 1 atom stereocenters. The van der Waals surface area contributed by atoms with Gasteiger partial charge in [0.2, 0.25) is 5.88 Å². The minimum Gasteiger partial charge on any atom is -0.493 e. The molecule has 1 unspecified atom stereocenters. The third-order valence-corrected chi connectivity index (χ3v) is 3.29. The number of nitrogens with zero attached hydrogens (tertiary/aromatic N) is 1. The Morgan fingerprint density at radius 1 is 1.40 bits per heavy atom. The van der Waals surface area contributed by atoms with Gasteiger partial charge in [0, 0.05) is 7.11 Å². The number of ether oxygens (including phenoxy) is 1. The first kappa shape index (κ1) is 14.3. The maximum atomic E-state index is 12.2. The molecule has 0 fully saturated rings. The Morgan fingerprint density at radius 2 is 2.10 bits per heavy atom. The van der Waals surface area contributed by atoms with Crippen molar-refractivity contribution in [3.8, 4) is 17.0 Å². The van der Waals surface area contributed by atoms with E-state index in [1.807, 2.05) is 32.0 Å². The lowest BCUT2D eigenvalue weighted by molar-refractivity contribution is 0.0918. The molecule has 0 radical (unpaired) electrons. The molecule has 0 saturated heterocycles. The lowest BCUT2D eigenvalue weighted by atomic mass is 10.0. The topological polar surface area (TPSA) is 75.2 Å². The molecule has 0 spiro atoms. The Hall–Kier alpha value is -2.14. The van der Waals surface area contributed by atoms with Crippen LogP contribution < -0.4 is 5.56 Å². The highest BCUT2D eigenvalue weighted by molar-refractivity contribution is 5.70. The summed E-state index contributed by atoms with van der Waals surface area (Å²) in [5.74, 6) is 0.0726. The van der Waals surface area contributed by atoms with Crippen LogP contribution in [0.5, 0.6) is 5.88 Å². The van der Waals surface area contributed by atoms with E-state index in [9.17, 15) is 9.90 Å². The molecule has 0 aliphatic carbocycles. The van der Waals surface area contributed by atoms with Crippen molar-refractivity contribution in [2.75, 3.05) is 7.11 Å². The van der Waals surface area contributed by atoms with E-state index in [4.69, 9.17) is 4.74 Å². The van der Waals surface area contributed by atoms with Gasteiger partial charge >= 0.3 is 0 Å². The molecule has 0 aliphatic heterocycles. The average molecular weight is 274 g/mol. The van der Waals surface area contributed by atoms with Gasteiger partial charge in [0.15, 0.2) is 0 Å². The number of aromatic hydroxyl groups is 1. The summed E-state index contributed by atoms with van der Waals surface area (Å²) in [6, 6.07) is 7.36. The lowest BCUT2D eigenvalue weighted by Gasteiger charge is -2.13. The van der Waals surface area contributed by atoms with Gasteiger partial charge in [0.05, 0.1) is 0 Å². The van der Waals surface area contributed by atoms with E-state index in [0.29, 0.717) is 17.8 Å². The van der Waals surface area contributed by atoms with Crippen LogP contribution in [0.2, 0.25) is 0 Å². The zero-order chi connectivity index (χ0) is 14.7. The van der Waals surface area contributed by atoms with Crippen molar-refractivity contribution in [1.82, 2.24) is 9.97 Å². The van der Waals surface area contributed by atoms with Crippen molar-refractivity contribution in [3.63, 3.8) is 0 Å². The number of aromatic nitrogens is 2. The molecule has 1 aromatic carbocycles. The summed E-state index contributed by atoms with van der Waals surface area (Å²) in [5.41, 5.74) is 1.41. The molecule has 1 heterocycles. The first-order valence-electron chi connectivity index (χ1n) is 6.50. The Bertz CT molecular complexity index is 660. The maximum absolute atomic E-state index is 12.2. The SMILES string of the molecule is CCC(OC)c1nc(O)c(-c2ccccc2C)c(=O)[nH]1. The van der Waals surface area contributed by atoms with E-state index >= 15 is 0 Å². The molecule has 0 amide bonds. The van der Waals surface area contributed by atoms with Crippen molar-refractivity contribution in [2.45, 2.75) is 26.4 Å². The smallest absolute Gasteiger partial charge is 0.262 e. The first-order valence-corrected chi connectivity index (χ1v) is 6.50. The van der Waals surface area contributed by atoms with Gasteiger partial charge in [-0.3, -0.25) is 4.79 Å². The van der Waals surface area contributed by atoms with Crippen LogP contribution in [-0.4, -0.2) is 22.2 Å². The summed E-state index contributed by atoms with van der Waals surface area (Å²) in [6.07, 6.45) is 0.322. The highest BCUT2D eigenvalue weighted by Crippen LogP contribution is 2.27. The molecule has 106 valence electrons. The largest absolute Gasteiger partial charge is 0.493 e. The Balaban J connectivity index is 2.58. The number of methoxy groups -OCH3 is 1. The Kier molecular flexibility index (Phi) is 4.20. The average Bonchev–Trinajstić information content (AvgIpc) is 2.41. The van der Waals surface area contributed by atoms with Crippen LogP contribution in [0.25, 0.3) is 11.1 Å². The lowest BCUT2D eigenvalue weighted by Crippen LogP contribution is -2.17. The fraction of sp³-hybridized carbons (Fsp3) is 0.333. The molecule has 5 heteroatoms. The summed E-state index contributed by atoms with van der Waals surface area (Å²) in [7, 11) is 1.54. The molecule has 0 aliphatic rings. The second-order valence-electron chi connectivity index (χ2n) is 4.60. The quantitative estimate of drug-likeness (QED) is 0.898. The van der Waals surface area contributed by atoms with Gasteiger partial charge in [0.25, 0.3) is 5.56 Å². The monoisotopic (exact) mass is 274 g/mol. The molecule has 0 bridgehead atoms. The number of H-pyrrole nitrogens is 1. The van der Waals surface area contributed by atoms with Crippen molar-refractivity contribution in [2.24, 2.45) is 0 Å². The number of benzene rings is 1. The van der Waals surface area contributed by atoms with Crippen LogP contribution >= 0.6 is 0 Å². The van der Waals surface area contributed by atoms with Crippen LogP contribution in [0.4, 0.5) is 0 Å². The van der Waals surface area contributed by atoms with Gasteiger partial charge in [-0.05, 0) is 24.5 Å². The second-order valence-corrected chi connectivity index (χ2v) is 4.60. The van der Waals surface area contributed by atoms with Gasteiger partial charge in [-0.15, -0.1) is 0 Å². The number of rotatable bonds is 4. The predicted molar refractivity (Wildman–Crippen MR) is 76.7 cm³/mol.